The number of rotatable bonds is 5. The van der Waals surface area contributed by atoms with E-state index in [4.69, 9.17) is 4.74 Å². The molecule has 0 fully saturated rings. The Morgan fingerprint density at radius 3 is 2.33 bits per heavy atom. The maximum absolute atomic E-state index is 11.6. The van der Waals surface area contributed by atoms with Gasteiger partial charge in [-0.05, 0) is 18.9 Å². The molecule has 82 valence electrons. The highest BCUT2D eigenvalue weighted by Crippen LogP contribution is 2.22. The molecule has 1 unspecified atom stereocenters. The van der Waals surface area contributed by atoms with Crippen LogP contribution >= 0.6 is 0 Å². The van der Waals surface area contributed by atoms with Gasteiger partial charge in [-0.2, -0.15) is 0 Å². The number of carbonyl (C=O) groups is 1. The van der Waals surface area contributed by atoms with Crippen LogP contribution in [0.2, 0.25) is 0 Å². The summed E-state index contributed by atoms with van der Waals surface area (Å²) >= 11 is 0. The number of hydrogen-bond donors (Lipinski definition) is 0. The van der Waals surface area contributed by atoms with Crippen molar-refractivity contribution in [3.05, 3.63) is 35.9 Å². The van der Waals surface area contributed by atoms with Crippen LogP contribution in [-0.2, 0) is 16.0 Å². The molecule has 0 bridgehead atoms. The molecule has 0 spiro atoms. The first-order valence-corrected chi connectivity index (χ1v) is 5.24. The summed E-state index contributed by atoms with van der Waals surface area (Å²) in [5.41, 5.74) is 0.484. The van der Waals surface area contributed by atoms with Crippen LogP contribution < -0.4 is 0 Å². The summed E-state index contributed by atoms with van der Waals surface area (Å²) in [6, 6.07) is 9.97. The second-order valence-corrected chi connectivity index (χ2v) is 3.77. The fraction of sp³-hybridized carbons (Fsp3) is 0.462. The van der Waals surface area contributed by atoms with Crippen LogP contribution in [0.3, 0.4) is 0 Å². The number of ether oxygens (including phenoxy) is 1. The fourth-order valence-electron chi connectivity index (χ4n) is 1.78. The third kappa shape index (κ3) is 2.66. The van der Waals surface area contributed by atoms with E-state index in [9.17, 15) is 4.79 Å². The highest BCUT2D eigenvalue weighted by atomic mass is 16.5. The largest absolute Gasteiger partial charge is 0.370 e. The van der Waals surface area contributed by atoms with E-state index in [1.165, 1.54) is 0 Å². The van der Waals surface area contributed by atoms with Crippen molar-refractivity contribution in [3.63, 3.8) is 0 Å². The first kappa shape index (κ1) is 11.9. The Kier molecular flexibility index (Phi) is 4.04. The van der Waals surface area contributed by atoms with Crippen LogP contribution in [0.15, 0.2) is 30.3 Å². The Balaban J connectivity index is 2.89. The Labute approximate surface area is 91.3 Å². The molecular formula is C13H18O2. The summed E-state index contributed by atoms with van der Waals surface area (Å²) in [6.45, 7) is 3.57. The molecule has 1 rings (SSSR count). The molecule has 0 aliphatic rings. The molecule has 1 aromatic carbocycles. The van der Waals surface area contributed by atoms with Gasteiger partial charge in [0.2, 0.25) is 0 Å². The zero-order valence-electron chi connectivity index (χ0n) is 9.62. The summed E-state index contributed by atoms with van der Waals surface area (Å²) in [4.78, 5) is 11.6. The lowest BCUT2D eigenvalue weighted by Gasteiger charge is -2.28. The van der Waals surface area contributed by atoms with Gasteiger partial charge in [0.15, 0.2) is 5.78 Å². The molecule has 0 saturated carbocycles. The summed E-state index contributed by atoms with van der Waals surface area (Å²) in [6.07, 6.45) is 1.35. The van der Waals surface area contributed by atoms with Crippen molar-refractivity contribution < 1.29 is 9.53 Å². The smallest absolute Gasteiger partial charge is 0.161 e. The summed E-state index contributed by atoms with van der Waals surface area (Å²) in [5, 5.41) is 0. The Morgan fingerprint density at radius 2 is 1.93 bits per heavy atom. The Morgan fingerprint density at radius 1 is 1.33 bits per heavy atom. The van der Waals surface area contributed by atoms with Crippen molar-refractivity contribution in [1.29, 1.82) is 0 Å². The van der Waals surface area contributed by atoms with Gasteiger partial charge < -0.3 is 4.74 Å². The van der Waals surface area contributed by atoms with E-state index in [0.717, 1.165) is 5.56 Å². The second kappa shape index (κ2) is 5.08. The molecule has 0 saturated heterocycles. The number of benzene rings is 1. The highest BCUT2D eigenvalue weighted by molar-refractivity contribution is 5.85. The molecule has 0 aliphatic carbocycles. The summed E-state index contributed by atoms with van der Waals surface area (Å²) < 4.78 is 5.40. The predicted octanol–water partition coefficient (Wildman–Crippen LogP) is 2.61. The van der Waals surface area contributed by atoms with Gasteiger partial charge in [0.1, 0.15) is 5.60 Å². The van der Waals surface area contributed by atoms with E-state index in [0.29, 0.717) is 12.8 Å². The van der Waals surface area contributed by atoms with Gasteiger partial charge in [-0.15, -0.1) is 0 Å². The predicted molar refractivity (Wildman–Crippen MR) is 60.9 cm³/mol. The van der Waals surface area contributed by atoms with E-state index in [-0.39, 0.29) is 5.78 Å². The second-order valence-electron chi connectivity index (χ2n) is 3.77. The zero-order chi connectivity index (χ0) is 11.3. The van der Waals surface area contributed by atoms with Crippen LogP contribution in [0.1, 0.15) is 25.8 Å². The first-order chi connectivity index (χ1) is 7.14. The van der Waals surface area contributed by atoms with E-state index in [2.05, 4.69) is 0 Å². The van der Waals surface area contributed by atoms with Crippen molar-refractivity contribution in [3.8, 4) is 0 Å². The van der Waals surface area contributed by atoms with E-state index >= 15 is 0 Å². The normalized spacial score (nSPS) is 14.6. The van der Waals surface area contributed by atoms with Crippen molar-refractivity contribution in [2.24, 2.45) is 0 Å². The molecule has 0 radical (unpaired) electrons. The van der Waals surface area contributed by atoms with E-state index in [1.807, 2.05) is 37.3 Å². The zero-order valence-corrected chi connectivity index (χ0v) is 9.62. The van der Waals surface area contributed by atoms with Crippen molar-refractivity contribution in [1.82, 2.24) is 0 Å². The quantitative estimate of drug-likeness (QED) is 0.740. The molecule has 15 heavy (non-hydrogen) atoms. The van der Waals surface area contributed by atoms with Crippen LogP contribution in [-0.4, -0.2) is 18.5 Å². The number of ketones is 1. The van der Waals surface area contributed by atoms with Crippen molar-refractivity contribution in [2.45, 2.75) is 32.3 Å². The lowest BCUT2D eigenvalue weighted by molar-refractivity contribution is -0.139. The van der Waals surface area contributed by atoms with Gasteiger partial charge >= 0.3 is 0 Å². The van der Waals surface area contributed by atoms with E-state index < -0.39 is 5.60 Å². The standard InChI is InChI=1S/C13H18O2/c1-4-13(15-3,11(2)14)10-12-8-6-5-7-9-12/h5-9H,4,10H2,1-3H3. The Bertz CT molecular complexity index is 313. The van der Waals surface area contributed by atoms with Crippen molar-refractivity contribution >= 4 is 5.78 Å². The minimum absolute atomic E-state index is 0.0938. The van der Waals surface area contributed by atoms with Crippen LogP contribution in [0.4, 0.5) is 0 Å². The number of methoxy groups -OCH3 is 1. The lowest BCUT2D eigenvalue weighted by atomic mass is 9.88. The van der Waals surface area contributed by atoms with Gasteiger partial charge in [-0.3, -0.25) is 4.79 Å². The van der Waals surface area contributed by atoms with Crippen LogP contribution in [0.5, 0.6) is 0 Å². The van der Waals surface area contributed by atoms with Crippen LogP contribution in [0.25, 0.3) is 0 Å². The third-order valence-electron chi connectivity index (χ3n) is 2.94. The number of Topliss-reactive ketones (excluding diaryl/α,β-unsaturated/α-hetero) is 1. The molecule has 0 aromatic heterocycles. The maximum Gasteiger partial charge on any atom is 0.161 e. The molecule has 0 heterocycles. The molecule has 2 heteroatoms. The minimum atomic E-state index is -0.651. The van der Waals surface area contributed by atoms with Gasteiger partial charge in [-0.25, -0.2) is 0 Å². The number of hydrogen-bond acceptors (Lipinski definition) is 2. The average Bonchev–Trinajstić information content (AvgIpc) is 2.27. The monoisotopic (exact) mass is 206 g/mol. The molecule has 1 atom stereocenters. The summed E-state index contributed by atoms with van der Waals surface area (Å²) in [7, 11) is 1.60. The maximum atomic E-state index is 11.6. The van der Waals surface area contributed by atoms with E-state index in [1.54, 1.807) is 14.0 Å². The molecule has 0 amide bonds. The minimum Gasteiger partial charge on any atom is -0.370 e. The SMILES string of the molecule is CCC(Cc1ccccc1)(OC)C(C)=O. The molecule has 0 N–H and O–H groups in total. The van der Waals surface area contributed by atoms with Crippen molar-refractivity contribution in [2.75, 3.05) is 7.11 Å². The molecule has 2 nitrogen and oxygen atoms in total. The van der Waals surface area contributed by atoms with Gasteiger partial charge in [0.05, 0.1) is 0 Å². The van der Waals surface area contributed by atoms with Gasteiger partial charge in [0.25, 0.3) is 0 Å². The molecular weight excluding hydrogens is 188 g/mol. The molecule has 0 aliphatic heterocycles. The third-order valence-corrected chi connectivity index (χ3v) is 2.94. The van der Waals surface area contributed by atoms with Crippen LogP contribution in [0, 0.1) is 0 Å². The molecule has 1 aromatic rings. The van der Waals surface area contributed by atoms with Gasteiger partial charge in [0, 0.05) is 13.5 Å². The topological polar surface area (TPSA) is 26.3 Å². The lowest BCUT2D eigenvalue weighted by Crippen LogP contribution is -2.40. The fourth-order valence-corrected chi connectivity index (χ4v) is 1.78. The summed E-state index contributed by atoms with van der Waals surface area (Å²) in [5.74, 6) is 0.0938. The average molecular weight is 206 g/mol. The number of carbonyl (C=O) groups excluding carboxylic acids is 1. The van der Waals surface area contributed by atoms with Gasteiger partial charge in [-0.1, -0.05) is 37.3 Å². The Hall–Kier alpha value is -1.15. The first-order valence-electron chi connectivity index (χ1n) is 5.24. The highest BCUT2D eigenvalue weighted by Gasteiger charge is 2.33.